The van der Waals surface area contributed by atoms with Gasteiger partial charge in [-0.2, -0.15) is 0 Å². The maximum atomic E-state index is 11.0. The van der Waals surface area contributed by atoms with Crippen LogP contribution in [0.25, 0.3) is 0 Å². The van der Waals surface area contributed by atoms with Gasteiger partial charge in [0.25, 0.3) is 0 Å². The fraction of sp³-hybridized carbons (Fsp3) is 0.533. The normalized spacial score (nSPS) is 13.9. The Morgan fingerprint density at radius 2 is 1.84 bits per heavy atom. The number of rotatable bonds is 6. The minimum absolute atomic E-state index is 0.283. The number of aliphatic hydroxyl groups is 1. The molecule has 4 nitrogen and oxygen atoms in total. The van der Waals surface area contributed by atoms with Crippen LogP contribution in [-0.4, -0.2) is 23.3 Å². The summed E-state index contributed by atoms with van der Waals surface area (Å²) < 4.78 is 5.19. The maximum Gasteiger partial charge on any atom is 0.306 e. The summed E-state index contributed by atoms with van der Waals surface area (Å²) in [6, 6.07) is 3.65. The monoisotopic (exact) mass is 266 g/mol. The molecule has 0 aliphatic heterocycles. The van der Waals surface area contributed by atoms with E-state index >= 15 is 0 Å². The van der Waals surface area contributed by atoms with Crippen LogP contribution in [0.3, 0.4) is 0 Å². The fourth-order valence-electron chi connectivity index (χ4n) is 2.74. The molecule has 0 heterocycles. The van der Waals surface area contributed by atoms with Crippen LogP contribution in [-0.2, 0) is 10.4 Å². The molecule has 4 heteroatoms. The van der Waals surface area contributed by atoms with Crippen molar-refractivity contribution in [3.63, 3.8) is 0 Å². The summed E-state index contributed by atoms with van der Waals surface area (Å²) >= 11 is 0. The molecule has 2 N–H and O–H groups in total. The third-order valence-corrected chi connectivity index (χ3v) is 3.31. The predicted molar refractivity (Wildman–Crippen MR) is 73.5 cm³/mol. The zero-order chi connectivity index (χ0) is 14.6. The first-order chi connectivity index (χ1) is 8.84. The highest BCUT2D eigenvalue weighted by molar-refractivity contribution is 5.69. The van der Waals surface area contributed by atoms with Crippen molar-refractivity contribution in [2.75, 3.05) is 7.11 Å². The molecule has 0 aliphatic carbocycles. The molecule has 19 heavy (non-hydrogen) atoms. The molecule has 0 bridgehead atoms. The van der Waals surface area contributed by atoms with Gasteiger partial charge in [-0.3, -0.25) is 4.79 Å². The average Bonchev–Trinajstić information content (AvgIpc) is 2.26. The van der Waals surface area contributed by atoms with E-state index in [4.69, 9.17) is 9.84 Å². The molecule has 106 valence electrons. The Balaban J connectivity index is 3.34. The fourth-order valence-corrected chi connectivity index (χ4v) is 2.74. The molecular formula is C15H22O4. The predicted octanol–water partition coefficient (Wildman–Crippen LogP) is 2.77. The zero-order valence-corrected chi connectivity index (χ0v) is 12.0. The molecule has 0 fully saturated rings. The third-order valence-electron chi connectivity index (χ3n) is 3.31. The highest BCUT2D eigenvalue weighted by Gasteiger charge is 2.34. The van der Waals surface area contributed by atoms with Crippen LogP contribution in [0, 0.1) is 13.8 Å². The Morgan fingerprint density at radius 3 is 2.21 bits per heavy atom. The Hall–Kier alpha value is -1.55. The van der Waals surface area contributed by atoms with Crippen molar-refractivity contribution >= 4 is 5.97 Å². The molecule has 1 atom stereocenters. The minimum Gasteiger partial charge on any atom is -0.497 e. The molecule has 0 saturated heterocycles. The van der Waals surface area contributed by atoms with Gasteiger partial charge in [0, 0.05) is 0 Å². The molecule has 1 rings (SSSR count). The van der Waals surface area contributed by atoms with E-state index in [2.05, 4.69) is 0 Å². The highest BCUT2D eigenvalue weighted by Crippen LogP contribution is 2.36. The Kier molecular flexibility index (Phi) is 4.95. The molecule has 0 amide bonds. The van der Waals surface area contributed by atoms with Crippen molar-refractivity contribution < 1.29 is 19.7 Å². The van der Waals surface area contributed by atoms with Crippen LogP contribution in [0.5, 0.6) is 5.75 Å². The summed E-state index contributed by atoms with van der Waals surface area (Å²) in [5.41, 5.74) is 1.10. The van der Waals surface area contributed by atoms with E-state index in [1.807, 2.05) is 32.9 Å². The van der Waals surface area contributed by atoms with Gasteiger partial charge in [-0.25, -0.2) is 0 Å². The van der Waals surface area contributed by atoms with Crippen molar-refractivity contribution in [3.8, 4) is 5.75 Å². The first kappa shape index (κ1) is 15.5. The van der Waals surface area contributed by atoms with Gasteiger partial charge in [0.2, 0.25) is 0 Å². The SMILES string of the molecule is CCCC(O)(CC(=O)O)c1c(C)cc(OC)cc1C. The number of carbonyl (C=O) groups is 1. The maximum absolute atomic E-state index is 11.0. The number of carboxylic acid groups (broad SMARTS) is 1. The molecule has 1 aromatic carbocycles. The second-order valence-corrected chi connectivity index (χ2v) is 4.99. The third kappa shape index (κ3) is 3.47. The van der Waals surface area contributed by atoms with Crippen LogP contribution < -0.4 is 4.74 Å². The van der Waals surface area contributed by atoms with E-state index < -0.39 is 11.6 Å². The van der Waals surface area contributed by atoms with Gasteiger partial charge in [-0.15, -0.1) is 0 Å². The summed E-state index contributed by atoms with van der Waals surface area (Å²) in [6.07, 6.45) is 0.858. The quantitative estimate of drug-likeness (QED) is 0.831. The van der Waals surface area contributed by atoms with E-state index in [9.17, 15) is 9.90 Å². The van der Waals surface area contributed by atoms with Gasteiger partial charge in [0.05, 0.1) is 13.5 Å². The molecule has 0 spiro atoms. The van der Waals surface area contributed by atoms with E-state index in [0.717, 1.165) is 11.1 Å². The second kappa shape index (κ2) is 6.06. The van der Waals surface area contributed by atoms with Gasteiger partial charge in [-0.05, 0) is 49.1 Å². The lowest BCUT2D eigenvalue weighted by atomic mass is 9.81. The van der Waals surface area contributed by atoms with Crippen LogP contribution in [0.1, 0.15) is 42.9 Å². The minimum atomic E-state index is -1.32. The van der Waals surface area contributed by atoms with Crippen molar-refractivity contribution in [2.45, 2.75) is 45.6 Å². The standard InChI is InChI=1S/C15H22O4/c1-5-6-15(18,9-13(16)17)14-10(2)7-12(19-4)8-11(14)3/h7-8,18H,5-6,9H2,1-4H3,(H,16,17). The highest BCUT2D eigenvalue weighted by atomic mass is 16.5. The van der Waals surface area contributed by atoms with Crippen LogP contribution in [0.15, 0.2) is 12.1 Å². The van der Waals surface area contributed by atoms with Gasteiger partial charge < -0.3 is 14.9 Å². The molecule has 0 saturated carbocycles. The van der Waals surface area contributed by atoms with E-state index in [-0.39, 0.29) is 6.42 Å². The van der Waals surface area contributed by atoms with Crippen molar-refractivity contribution in [1.82, 2.24) is 0 Å². The molecule has 0 aliphatic rings. The van der Waals surface area contributed by atoms with Gasteiger partial charge in [0.15, 0.2) is 0 Å². The average molecular weight is 266 g/mol. The molecule has 1 aromatic rings. The van der Waals surface area contributed by atoms with E-state index in [0.29, 0.717) is 24.2 Å². The van der Waals surface area contributed by atoms with E-state index in [1.165, 1.54) is 0 Å². The number of benzene rings is 1. The molecule has 0 aromatic heterocycles. The zero-order valence-electron chi connectivity index (χ0n) is 12.0. The molecular weight excluding hydrogens is 244 g/mol. The first-order valence-corrected chi connectivity index (χ1v) is 6.44. The number of hydrogen-bond donors (Lipinski definition) is 2. The lowest BCUT2D eigenvalue weighted by Gasteiger charge is -2.30. The number of aryl methyl sites for hydroxylation is 2. The van der Waals surface area contributed by atoms with E-state index in [1.54, 1.807) is 7.11 Å². The summed E-state index contributed by atoms with van der Waals surface area (Å²) in [4.78, 5) is 11.0. The second-order valence-electron chi connectivity index (χ2n) is 4.99. The van der Waals surface area contributed by atoms with Crippen molar-refractivity contribution in [3.05, 3.63) is 28.8 Å². The summed E-state index contributed by atoms with van der Waals surface area (Å²) in [5, 5.41) is 19.8. The Morgan fingerprint density at radius 1 is 1.32 bits per heavy atom. The van der Waals surface area contributed by atoms with Gasteiger partial charge in [-0.1, -0.05) is 13.3 Å². The lowest BCUT2D eigenvalue weighted by Crippen LogP contribution is -2.30. The topological polar surface area (TPSA) is 66.8 Å². The first-order valence-electron chi connectivity index (χ1n) is 6.44. The van der Waals surface area contributed by atoms with Crippen molar-refractivity contribution in [2.24, 2.45) is 0 Å². The van der Waals surface area contributed by atoms with Crippen LogP contribution in [0.4, 0.5) is 0 Å². The van der Waals surface area contributed by atoms with Crippen molar-refractivity contribution in [1.29, 1.82) is 0 Å². The molecule has 0 radical (unpaired) electrons. The number of hydrogen-bond acceptors (Lipinski definition) is 3. The van der Waals surface area contributed by atoms with Crippen LogP contribution in [0.2, 0.25) is 0 Å². The largest absolute Gasteiger partial charge is 0.497 e. The van der Waals surface area contributed by atoms with Gasteiger partial charge in [0.1, 0.15) is 11.4 Å². The number of ether oxygens (including phenoxy) is 1. The number of methoxy groups -OCH3 is 1. The number of carboxylic acids is 1. The summed E-state index contributed by atoms with van der Waals surface area (Å²) in [6.45, 7) is 5.67. The smallest absolute Gasteiger partial charge is 0.306 e. The number of aliphatic carboxylic acids is 1. The molecule has 1 unspecified atom stereocenters. The lowest BCUT2D eigenvalue weighted by molar-refractivity contribution is -0.143. The van der Waals surface area contributed by atoms with Crippen LogP contribution >= 0.6 is 0 Å². The van der Waals surface area contributed by atoms with Gasteiger partial charge >= 0.3 is 5.97 Å². The Labute approximate surface area is 114 Å². The Bertz CT molecular complexity index is 444. The summed E-state index contributed by atoms with van der Waals surface area (Å²) in [5.74, 6) is -0.279. The summed E-state index contributed by atoms with van der Waals surface area (Å²) in [7, 11) is 1.59.